The summed E-state index contributed by atoms with van der Waals surface area (Å²) in [6.07, 6.45) is 5.05. The van der Waals surface area contributed by atoms with Crippen LogP contribution in [0.1, 0.15) is 5.69 Å². The molecular weight excluding hydrogens is 216 g/mol. The quantitative estimate of drug-likeness (QED) is 0.681. The van der Waals surface area contributed by atoms with Gasteiger partial charge in [0.2, 0.25) is 5.89 Å². The van der Waals surface area contributed by atoms with Crippen molar-refractivity contribution in [1.82, 2.24) is 20.0 Å². The van der Waals surface area contributed by atoms with E-state index < -0.39 is 0 Å². The van der Waals surface area contributed by atoms with E-state index in [1.165, 1.54) is 0 Å². The van der Waals surface area contributed by atoms with Crippen LogP contribution in [-0.2, 0) is 6.54 Å². The van der Waals surface area contributed by atoms with Crippen LogP contribution in [0.4, 0.5) is 0 Å². The minimum Gasteiger partial charge on any atom is -0.444 e. The molecule has 5 heteroatoms. The second kappa shape index (κ2) is 4.21. The summed E-state index contributed by atoms with van der Waals surface area (Å²) >= 11 is 0. The fourth-order valence-corrected chi connectivity index (χ4v) is 1.52. The highest BCUT2D eigenvalue weighted by Crippen LogP contribution is 2.17. The normalized spacial score (nSPS) is 10.6. The molecule has 0 bridgehead atoms. The summed E-state index contributed by atoms with van der Waals surface area (Å²) in [4.78, 5) is 4.39. The summed E-state index contributed by atoms with van der Waals surface area (Å²) in [5, 5.41) is 7.61. The van der Waals surface area contributed by atoms with Crippen molar-refractivity contribution in [2.24, 2.45) is 0 Å². The van der Waals surface area contributed by atoms with Gasteiger partial charge in [-0.2, -0.15) is 0 Å². The van der Waals surface area contributed by atoms with Gasteiger partial charge >= 0.3 is 0 Å². The molecule has 0 N–H and O–H groups in total. The van der Waals surface area contributed by atoms with Crippen molar-refractivity contribution in [2.45, 2.75) is 6.54 Å². The van der Waals surface area contributed by atoms with Gasteiger partial charge in [-0.1, -0.05) is 17.3 Å². The molecule has 2 aromatic heterocycles. The van der Waals surface area contributed by atoms with E-state index >= 15 is 0 Å². The SMILES string of the molecule is [c]1ccc(-c2nc(Cn3ccnn3)co2)cc1. The lowest BCUT2D eigenvalue weighted by Gasteiger charge is -1.94. The first-order valence-corrected chi connectivity index (χ1v) is 5.17. The van der Waals surface area contributed by atoms with Gasteiger partial charge in [0.05, 0.1) is 12.7 Å². The fourth-order valence-electron chi connectivity index (χ4n) is 1.52. The molecule has 1 radical (unpaired) electrons. The Hall–Kier alpha value is -2.43. The van der Waals surface area contributed by atoms with Crippen LogP contribution in [0.25, 0.3) is 11.5 Å². The lowest BCUT2D eigenvalue weighted by Crippen LogP contribution is -2.00. The van der Waals surface area contributed by atoms with E-state index in [2.05, 4.69) is 21.4 Å². The van der Waals surface area contributed by atoms with Crippen molar-refractivity contribution in [3.05, 3.63) is 54.7 Å². The number of nitrogens with zero attached hydrogens (tertiary/aromatic N) is 4. The Balaban J connectivity index is 1.84. The highest BCUT2D eigenvalue weighted by molar-refractivity contribution is 5.52. The highest BCUT2D eigenvalue weighted by Gasteiger charge is 2.06. The molecule has 0 fully saturated rings. The monoisotopic (exact) mass is 225 g/mol. The molecule has 0 saturated carbocycles. The van der Waals surface area contributed by atoms with Crippen LogP contribution < -0.4 is 0 Å². The van der Waals surface area contributed by atoms with Gasteiger partial charge in [0, 0.05) is 11.8 Å². The van der Waals surface area contributed by atoms with Gasteiger partial charge in [0.25, 0.3) is 0 Å². The van der Waals surface area contributed by atoms with Crippen LogP contribution in [0.2, 0.25) is 0 Å². The average Bonchev–Trinajstić information content (AvgIpc) is 3.02. The molecule has 0 spiro atoms. The summed E-state index contributed by atoms with van der Waals surface area (Å²) in [6.45, 7) is 0.558. The first kappa shape index (κ1) is 9.77. The van der Waals surface area contributed by atoms with Crippen molar-refractivity contribution in [1.29, 1.82) is 0 Å². The molecule has 2 heterocycles. The Morgan fingerprint density at radius 2 is 2.18 bits per heavy atom. The van der Waals surface area contributed by atoms with Crippen LogP contribution in [-0.4, -0.2) is 20.0 Å². The first-order valence-electron chi connectivity index (χ1n) is 5.17. The Kier molecular flexibility index (Phi) is 2.42. The average molecular weight is 225 g/mol. The lowest BCUT2D eigenvalue weighted by atomic mass is 10.2. The van der Waals surface area contributed by atoms with Gasteiger partial charge in [-0.05, 0) is 18.2 Å². The smallest absolute Gasteiger partial charge is 0.226 e. The van der Waals surface area contributed by atoms with Crippen LogP contribution in [0.3, 0.4) is 0 Å². The van der Waals surface area contributed by atoms with Crippen LogP contribution in [0, 0.1) is 6.07 Å². The van der Waals surface area contributed by atoms with Crippen LogP contribution in [0.5, 0.6) is 0 Å². The van der Waals surface area contributed by atoms with E-state index in [1.807, 2.05) is 24.3 Å². The zero-order valence-electron chi connectivity index (χ0n) is 8.95. The molecule has 0 aliphatic heterocycles. The zero-order valence-corrected chi connectivity index (χ0v) is 8.95. The minimum absolute atomic E-state index is 0.558. The fraction of sp³-hybridized carbons (Fsp3) is 0.0833. The summed E-state index contributed by atoms with van der Waals surface area (Å²) in [7, 11) is 0. The summed E-state index contributed by atoms with van der Waals surface area (Å²) in [5.74, 6) is 0.606. The second-order valence-electron chi connectivity index (χ2n) is 3.53. The number of benzene rings is 1. The Morgan fingerprint density at radius 3 is 2.94 bits per heavy atom. The zero-order chi connectivity index (χ0) is 11.5. The predicted octanol–water partition coefficient (Wildman–Crippen LogP) is 1.78. The van der Waals surface area contributed by atoms with Crippen molar-refractivity contribution in [3.8, 4) is 11.5 Å². The molecule has 17 heavy (non-hydrogen) atoms. The number of aromatic nitrogens is 4. The molecule has 1 aromatic carbocycles. The number of rotatable bonds is 3. The number of hydrogen-bond acceptors (Lipinski definition) is 4. The summed E-state index contributed by atoms with van der Waals surface area (Å²) in [6, 6.07) is 10.4. The molecule has 0 atom stereocenters. The molecule has 0 saturated heterocycles. The lowest BCUT2D eigenvalue weighted by molar-refractivity contribution is 0.568. The highest BCUT2D eigenvalue weighted by atomic mass is 16.3. The van der Waals surface area contributed by atoms with Crippen molar-refractivity contribution >= 4 is 0 Å². The predicted molar refractivity (Wildman–Crippen MR) is 59.9 cm³/mol. The third-order valence-electron chi connectivity index (χ3n) is 2.31. The summed E-state index contributed by atoms with van der Waals surface area (Å²) < 4.78 is 7.11. The third-order valence-corrected chi connectivity index (χ3v) is 2.31. The van der Waals surface area contributed by atoms with Gasteiger partial charge in [0.15, 0.2) is 0 Å². The van der Waals surface area contributed by atoms with E-state index in [4.69, 9.17) is 4.42 Å². The van der Waals surface area contributed by atoms with Gasteiger partial charge in [-0.3, -0.25) is 0 Å². The summed E-state index contributed by atoms with van der Waals surface area (Å²) in [5.41, 5.74) is 1.76. The molecule has 83 valence electrons. The van der Waals surface area contributed by atoms with Crippen molar-refractivity contribution in [2.75, 3.05) is 0 Å². The molecule has 5 nitrogen and oxygen atoms in total. The maximum absolute atomic E-state index is 5.41. The molecule has 0 unspecified atom stereocenters. The number of hydrogen-bond donors (Lipinski definition) is 0. The molecule has 0 aliphatic carbocycles. The molecule has 3 aromatic rings. The minimum atomic E-state index is 0.558. The van der Waals surface area contributed by atoms with Crippen LogP contribution in [0.15, 0.2) is 47.3 Å². The molecule has 0 amide bonds. The maximum Gasteiger partial charge on any atom is 0.226 e. The molecular formula is C12H9N4O. The van der Waals surface area contributed by atoms with Gasteiger partial charge in [0.1, 0.15) is 12.0 Å². The van der Waals surface area contributed by atoms with Crippen molar-refractivity contribution in [3.63, 3.8) is 0 Å². The van der Waals surface area contributed by atoms with E-state index in [0.717, 1.165) is 11.3 Å². The van der Waals surface area contributed by atoms with Gasteiger partial charge in [-0.25, -0.2) is 9.67 Å². The van der Waals surface area contributed by atoms with Crippen molar-refractivity contribution < 1.29 is 4.42 Å². The second-order valence-corrected chi connectivity index (χ2v) is 3.53. The van der Waals surface area contributed by atoms with E-state index in [1.54, 1.807) is 23.3 Å². The Labute approximate surface area is 97.7 Å². The third kappa shape index (κ3) is 2.08. The largest absolute Gasteiger partial charge is 0.444 e. The molecule has 0 aliphatic rings. The van der Waals surface area contributed by atoms with Gasteiger partial charge < -0.3 is 4.42 Å². The molecule has 3 rings (SSSR count). The van der Waals surface area contributed by atoms with Crippen LogP contribution >= 0.6 is 0 Å². The van der Waals surface area contributed by atoms with E-state index in [-0.39, 0.29) is 0 Å². The topological polar surface area (TPSA) is 56.7 Å². The number of oxazole rings is 1. The first-order chi connectivity index (χ1) is 8.42. The Morgan fingerprint density at radius 1 is 1.29 bits per heavy atom. The Bertz CT molecular complexity index is 586. The maximum atomic E-state index is 5.41. The standard InChI is InChI=1S/C12H9N4O/c1-2-4-10(5-3-1)12-14-11(9-17-12)8-16-7-6-13-15-16/h2-7,9H,8H2. The van der Waals surface area contributed by atoms with E-state index in [9.17, 15) is 0 Å². The van der Waals surface area contributed by atoms with Gasteiger partial charge in [-0.15, -0.1) is 5.10 Å². The van der Waals surface area contributed by atoms with E-state index in [0.29, 0.717) is 12.4 Å².